The van der Waals surface area contributed by atoms with Crippen LogP contribution in [0.4, 0.5) is 0 Å². The molecule has 0 saturated heterocycles. The lowest BCUT2D eigenvalue weighted by molar-refractivity contribution is 0.592. The minimum Gasteiger partial charge on any atom is -0.309 e. The molecule has 3 heteroatoms. The molecule has 0 atom stereocenters. The van der Waals surface area contributed by atoms with E-state index in [1.54, 1.807) is 0 Å². The number of benzene rings is 3. The number of hydrogen-bond acceptors (Lipinski definition) is 2. The Morgan fingerprint density at radius 2 is 1.05 bits per heavy atom. The normalized spacial score (nSPS) is 11.3. The lowest BCUT2D eigenvalue weighted by atomic mass is 10.3. The molecule has 3 rings (SSSR count). The molecule has 21 heavy (non-hydrogen) atoms. The Bertz CT molecular complexity index is 741. The molecule has 104 valence electrons. The highest BCUT2D eigenvalue weighted by Crippen LogP contribution is 2.43. The van der Waals surface area contributed by atoms with Gasteiger partial charge in [-0.1, -0.05) is 72.8 Å². The molecule has 0 fully saturated rings. The molecular weight excluding hydrogens is 295 g/mol. The first-order valence-electron chi connectivity index (χ1n) is 6.73. The second-order valence-corrected chi connectivity index (χ2v) is 7.98. The maximum Gasteiger partial charge on any atom is 0.172 e. The molecule has 3 aromatic rings. The van der Waals surface area contributed by atoms with Crippen LogP contribution < -0.4 is 15.9 Å². The van der Waals surface area contributed by atoms with Crippen molar-refractivity contribution in [1.29, 1.82) is 0 Å². The third-order valence-electron chi connectivity index (χ3n) is 3.46. The van der Waals surface area contributed by atoms with Crippen LogP contribution in [-0.4, -0.2) is 0 Å². The summed E-state index contributed by atoms with van der Waals surface area (Å²) in [4.78, 5) is 0.758. The van der Waals surface area contributed by atoms with Gasteiger partial charge in [0.2, 0.25) is 0 Å². The van der Waals surface area contributed by atoms with Gasteiger partial charge in [-0.25, -0.2) is 0 Å². The van der Waals surface area contributed by atoms with Gasteiger partial charge in [0.1, 0.15) is 0 Å². The second kappa shape index (κ2) is 5.93. The number of thiol groups is 1. The van der Waals surface area contributed by atoms with E-state index in [1.165, 1.54) is 0 Å². The Morgan fingerprint density at radius 3 is 1.52 bits per heavy atom. The fourth-order valence-electron chi connectivity index (χ4n) is 2.43. The van der Waals surface area contributed by atoms with E-state index in [4.69, 9.17) is 0 Å². The molecule has 0 aliphatic carbocycles. The van der Waals surface area contributed by atoms with Gasteiger partial charge in [0.25, 0.3) is 0 Å². The highest BCUT2D eigenvalue weighted by atomic mass is 32.1. The Morgan fingerprint density at radius 1 is 0.619 bits per heavy atom. The first-order valence-corrected chi connectivity index (χ1v) is 8.88. The van der Waals surface area contributed by atoms with Gasteiger partial charge < -0.3 is 4.57 Å². The van der Waals surface area contributed by atoms with Gasteiger partial charge in [-0.15, -0.1) is 12.6 Å². The van der Waals surface area contributed by atoms with Crippen molar-refractivity contribution in [2.45, 2.75) is 4.90 Å². The minimum atomic E-state index is -2.89. The molecule has 0 aliphatic rings. The predicted molar refractivity (Wildman–Crippen MR) is 93.1 cm³/mol. The van der Waals surface area contributed by atoms with Crippen LogP contribution in [0.5, 0.6) is 0 Å². The van der Waals surface area contributed by atoms with Gasteiger partial charge in [-0.3, -0.25) is 0 Å². The van der Waals surface area contributed by atoms with Crippen LogP contribution >= 0.6 is 19.8 Å². The summed E-state index contributed by atoms with van der Waals surface area (Å²) < 4.78 is 14.0. The zero-order valence-electron chi connectivity index (χ0n) is 11.4. The summed E-state index contributed by atoms with van der Waals surface area (Å²) in [6.45, 7) is 0. The van der Waals surface area contributed by atoms with Crippen LogP contribution in [0.1, 0.15) is 0 Å². The third-order valence-corrected chi connectivity index (χ3v) is 7.15. The van der Waals surface area contributed by atoms with Crippen molar-refractivity contribution in [3.8, 4) is 0 Å². The molecule has 0 bridgehead atoms. The zero-order valence-corrected chi connectivity index (χ0v) is 13.2. The Labute approximate surface area is 130 Å². The monoisotopic (exact) mass is 310 g/mol. The molecule has 0 saturated carbocycles. The summed E-state index contributed by atoms with van der Waals surface area (Å²) in [6.07, 6.45) is 0. The fraction of sp³-hybridized carbons (Fsp3) is 0. The third kappa shape index (κ3) is 2.57. The zero-order chi connectivity index (χ0) is 14.7. The molecule has 1 nitrogen and oxygen atoms in total. The molecule has 0 amide bonds. The van der Waals surface area contributed by atoms with Crippen molar-refractivity contribution in [2.75, 3.05) is 0 Å². The van der Waals surface area contributed by atoms with E-state index < -0.39 is 7.14 Å². The average Bonchev–Trinajstić information content (AvgIpc) is 2.56. The summed E-state index contributed by atoms with van der Waals surface area (Å²) >= 11 is 4.52. The number of rotatable bonds is 3. The molecule has 0 heterocycles. The summed E-state index contributed by atoms with van der Waals surface area (Å²) in [7, 11) is -2.89. The average molecular weight is 310 g/mol. The lowest BCUT2D eigenvalue weighted by Crippen LogP contribution is -2.25. The Balaban J connectivity index is 2.32. The van der Waals surface area contributed by atoms with E-state index in [9.17, 15) is 4.57 Å². The van der Waals surface area contributed by atoms with E-state index in [0.29, 0.717) is 0 Å². The highest BCUT2D eigenvalue weighted by Gasteiger charge is 2.30. The first-order chi connectivity index (χ1) is 10.2. The summed E-state index contributed by atoms with van der Waals surface area (Å²) in [5, 5.41) is 2.45. The summed E-state index contributed by atoms with van der Waals surface area (Å²) in [6, 6.07) is 26.9. The molecule has 0 aromatic heterocycles. The van der Waals surface area contributed by atoms with E-state index in [-0.39, 0.29) is 0 Å². The van der Waals surface area contributed by atoms with Gasteiger partial charge in [-0.2, -0.15) is 0 Å². The van der Waals surface area contributed by atoms with E-state index in [0.717, 1.165) is 20.8 Å². The van der Waals surface area contributed by atoms with Crippen molar-refractivity contribution < 1.29 is 4.57 Å². The summed E-state index contributed by atoms with van der Waals surface area (Å²) in [5.41, 5.74) is 0. The van der Waals surface area contributed by atoms with Crippen molar-refractivity contribution in [1.82, 2.24) is 0 Å². The largest absolute Gasteiger partial charge is 0.309 e. The van der Waals surface area contributed by atoms with Gasteiger partial charge in [0.15, 0.2) is 7.14 Å². The van der Waals surface area contributed by atoms with Crippen LogP contribution in [0.15, 0.2) is 89.8 Å². The predicted octanol–water partition coefficient (Wildman–Crippen LogP) is 3.61. The van der Waals surface area contributed by atoms with Crippen LogP contribution in [0.2, 0.25) is 0 Å². The molecule has 0 radical (unpaired) electrons. The van der Waals surface area contributed by atoms with Gasteiger partial charge in [0.05, 0.1) is 0 Å². The van der Waals surface area contributed by atoms with E-state index >= 15 is 0 Å². The topological polar surface area (TPSA) is 17.1 Å². The molecule has 0 aliphatic heterocycles. The molecule has 0 N–H and O–H groups in total. The Hall–Kier alpha value is -1.76. The number of hydrogen-bond donors (Lipinski definition) is 1. The van der Waals surface area contributed by atoms with Gasteiger partial charge >= 0.3 is 0 Å². The van der Waals surface area contributed by atoms with Crippen LogP contribution in [0.25, 0.3) is 0 Å². The first kappa shape index (κ1) is 14.2. The molecule has 0 unspecified atom stereocenters. The van der Waals surface area contributed by atoms with Crippen LogP contribution in [0, 0.1) is 0 Å². The Kier molecular flexibility index (Phi) is 4.01. The standard InChI is InChI=1S/C18H15OPS/c19-20(15-9-3-1-4-10-15,16-11-5-2-6-12-16)17-13-7-8-14-18(17)21/h1-14,21H. The van der Waals surface area contributed by atoms with Crippen LogP contribution in [0.3, 0.4) is 0 Å². The molecule has 3 aromatic carbocycles. The van der Waals surface area contributed by atoms with Gasteiger partial charge in [-0.05, 0) is 12.1 Å². The highest BCUT2D eigenvalue weighted by molar-refractivity contribution is 7.87. The lowest BCUT2D eigenvalue weighted by Gasteiger charge is -2.21. The van der Waals surface area contributed by atoms with E-state index in [1.807, 2.05) is 84.9 Å². The van der Waals surface area contributed by atoms with E-state index in [2.05, 4.69) is 12.6 Å². The fourth-order valence-corrected chi connectivity index (χ4v) is 5.75. The quantitative estimate of drug-likeness (QED) is 0.577. The van der Waals surface area contributed by atoms with Crippen molar-refractivity contribution >= 4 is 35.7 Å². The molecular formula is C18H15OPS. The second-order valence-electron chi connectivity index (χ2n) is 4.77. The molecule has 0 spiro atoms. The SMILES string of the molecule is O=P(c1ccccc1)(c1ccccc1)c1ccccc1S. The van der Waals surface area contributed by atoms with Gasteiger partial charge in [0, 0.05) is 20.8 Å². The van der Waals surface area contributed by atoms with Crippen molar-refractivity contribution in [3.63, 3.8) is 0 Å². The summed E-state index contributed by atoms with van der Waals surface area (Å²) in [5.74, 6) is 0. The maximum atomic E-state index is 14.0. The van der Waals surface area contributed by atoms with Crippen molar-refractivity contribution in [2.24, 2.45) is 0 Å². The smallest absolute Gasteiger partial charge is 0.172 e. The minimum absolute atomic E-state index is 0.758. The maximum absolute atomic E-state index is 14.0. The van der Waals surface area contributed by atoms with Crippen molar-refractivity contribution in [3.05, 3.63) is 84.9 Å². The van der Waals surface area contributed by atoms with Crippen LogP contribution in [-0.2, 0) is 4.57 Å².